The van der Waals surface area contributed by atoms with E-state index in [4.69, 9.17) is 10.8 Å². The molecule has 2 atom stereocenters. The Morgan fingerprint density at radius 2 is 2.27 bits per heavy atom. The molecule has 1 heterocycles. The maximum Gasteiger partial charge on any atom is 0.0571 e. The van der Waals surface area contributed by atoms with Gasteiger partial charge in [0, 0.05) is 22.4 Å². The fourth-order valence-corrected chi connectivity index (χ4v) is 1.96. The molecule has 0 amide bonds. The van der Waals surface area contributed by atoms with Crippen LogP contribution in [0, 0.1) is 0 Å². The monoisotopic (exact) mass is 226 g/mol. The van der Waals surface area contributed by atoms with E-state index in [1.54, 1.807) is 11.8 Å². The van der Waals surface area contributed by atoms with Crippen molar-refractivity contribution in [2.45, 2.75) is 36.5 Å². The van der Waals surface area contributed by atoms with Crippen LogP contribution < -0.4 is 5.73 Å². The van der Waals surface area contributed by atoms with E-state index >= 15 is 0 Å². The van der Waals surface area contributed by atoms with Gasteiger partial charge in [-0.3, -0.25) is 4.98 Å². The average Bonchev–Trinajstić information content (AvgIpc) is 2.29. The van der Waals surface area contributed by atoms with Gasteiger partial charge < -0.3 is 10.8 Å². The molecule has 0 aliphatic carbocycles. The summed E-state index contributed by atoms with van der Waals surface area (Å²) in [6.45, 7) is 4.21. The van der Waals surface area contributed by atoms with Crippen LogP contribution in [-0.2, 0) is 0 Å². The molecule has 0 saturated carbocycles. The highest BCUT2D eigenvalue weighted by atomic mass is 32.2. The van der Waals surface area contributed by atoms with E-state index in [2.05, 4.69) is 4.98 Å². The lowest BCUT2D eigenvalue weighted by molar-refractivity contribution is 0.300. The zero-order valence-corrected chi connectivity index (χ0v) is 10.00. The third-order valence-electron chi connectivity index (χ3n) is 2.17. The Balaban J connectivity index is 2.64. The van der Waals surface area contributed by atoms with Gasteiger partial charge in [-0.2, -0.15) is 0 Å². The summed E-state index contributed by atoms with van der Waals surface area (Å²) in [6.07, 6.45) is 2.72. The van der Waals surface area contributed by atoms with Crippen LogP contribution in [0.4, 0.5) is 0 Å². The Labute approximate surface area is 95.1 Å². The minimum atomic E-state index is 0.0271. The zero-order chi connectivity index (χ0) is 11.3. The van der Waals surface area contributed by atoms with Gasteiger partial charge in [-0.05, 0) is 18.6 Å². The molecule has 1 aromatic rings. The first-order valence-corrected chi connectivity index (χ1v) is 6.04. The lowest BCUT2D eigenvalue weighted by Crippen LogP contribution is -2.10. The van der Waals surface area contributed by atoms with Crippen molar-refractivity contribution in [2.24, 2.45) is 5.73 Å². The average molecular weight is 226 g/mol. The van der Waals surface area contributed by atoms with Gasteiger partial charge in [-0.25, -0.2) is 0 Å². The third kappa shape index (κ3) is 3.81. The van der Waals surface area contributed by atoms with Crippen molar-refractivity contribution in [3.63, 3.8) is 0 Å². The molecule has 4 heteroatoms. The van der Waals surface area contributed by atoms with Crippen molar-refractivity contribution in [1.29, 1.82) is 0 Å². The minimum absolute atomic E-state index is 0.0271. The Hall–Kier alpha value is -0.580. The van der Waals surface area contributed by atoms with E-state index in [-0.39, 0.29) is 17.9 Å². The normalized spacial score (nSPS) is 14.9. The summed E-state index contributed by atoms with van der Waals surface area (Å²) >= 11 is 1.62. The minimum Gasteiger partial charge on any atom is -0.395 e. The number of rotatable bonds is 5. The fraction of sp³-hybridized carbons (Fsp3) is 0.545. The van der Waals surface area contributed by atoms with Crippen LogP contribution in [0.5, 0.6) is 0 Å². The van der Waals surface area contributed by atoms with Gasteiger partial charge in [0.25, 0.3) is 0 Å². The maximum atomic E-state index is 8.92. The molecule has 1 rings (SSSR count). The van der Waals surface area contributed by atoms with E-state index in [1.165, 1.54) is 0 Å². The predicted molar refractivity (Wildman–Crippen MR) is 63.9 cm³/mol. The predicted octanol–water partition coefficient (Wildman–Crippen LogP) is 1.96. The summed E-state index contributed by atoms with van der Waals surface area (Å²) in [5.74, 6) is 0. The van der Waals surface area contributed by atoms with Crippen molar-refractivity contribution in [1.82, 2.24) is 4.98 Å². The fourth-order valence-electron chi connectivity index (χ4n) is 1.16. The second-order valence-corrected chi connectivity index (χ2v) is 5.06. The molecular formula is C11H18N2OS. The number of hydrogen-bond donors (Lipinski definition) is 2. The van der Waals surface area contributed by atoms with Crippen LogP contribution in [0.15, 0.2) is 23.2 Å². The first-order chi connectivity index (χ1) is 7.17. The van der Waals surface area contributed by atoms with Crippen molar-refractivity contribution < 1.29 is 5.11 Å². The molecule has 3 nitrogen and oxygen atoms in total. The van der Waals surface area contributed by atoms with E-state index in [0.717, 1.165) is 17.0 Å². The molecule has 3 N–H and O–H groups in total. The van der Waals surface area contributed by atoms with Crippen LogP contribution in [0.1, 0.15) is 32.0 Å². The number of nitrogens with zero attached hydrogens (tertiary/aromatic N) is 1. The topological polar surface area (TPSA) is 59.1 Å². The van der Waals surface area contributed by atoms with Gasteiger partial charge in [0.15, 0.2) is 0 Å². The molecular weight excluding hydrogens is 208 g/mol. The quantitative estimate of drug-likeness (QED) is 0.754. The number of nitrogens with two attached hydrogens (primary N) is 1. The Morgan fingerprint density at radius 3 is 2.73 bits per heavy atom. The first kappa shape index (κ1) is 12.5. The lowest BCUT2D eigenvalue weighted by Gasteiger charge is -2.10. The number of thioether (sulfide) groups is 1. The highest BCUT2D eigenvalue weighted by Crippen LogP contribution is 2.23. The van der Waals surface area contributed by atoms with Crippen molar-refractivity contribution in [3.05, 3.63) is 24.0 Å². The number of pyridine rings is 1. The second kappa shape index (κ2) is 6.10. The van der Waals surface area contributed by atoms with Crippen LogP contribution in [0.3, 0.4) is 0 Å². The van der Waals surface area contributed by atoms with E-state index < -0.39 is 0 Å². The summed E-state index contributed by atoms with van der Waals surface area (Å²) in [7, 11) is 0. The molecule has 0 aliphatic rings. The number of hydrogen-bond acceptors (Lipinski definition) is 4. The van der Waals surface area contributed by atoms with Gasteiger partial charge in [0.05, 0.1) is 12.3 Å². The van der Waals surface area contributed by atoms with Crippen molar-refractivity contribution in [3.8, 4) is 0 Å². The molecule has 0 radical (unpaired) electrons. The molecule has 0 spiro atoms. The second-order valence-electron chi connectivity index (χ2n) is 3.54. The van der Waals surface area contributed by atoms with Crippen molar-refractivity contribution in [2.75, 3.05) is 6.61 Å². The smallest absolute Gasteiger partial charge is 0.0571 e. The van der Waals surface area contributed by atoms with Crippen LogP contribution in [0.25, 0.3) is 0 Å². The van der Waals surface area contributed by atoms with Gasteiger partial charge >= 0.3 is 0 Å². The van der Waals surface area contributed by atoms with Gasteiger partial charge in [0.2, 0.25) is 0 Å². The summed E-state index contributed by atoms with van der Waals surface area (Å²) in [4.78, 5) is 5.38. The number of aromatic nitrogens is 1. The van der Waals surface area contributed by atoms with Crippen molar-refractivity contribution >= 4 is 11.8 Å². The van der Waals surface area contributed by atoms with E-state index in [1.807, 2.05) is 32.2 Å². The summed E-state index contributed by atoms with van der Waals surface area (Å²) in [6, 6.07) is 3.99. The van der Waals surface area contributed by atoms with Gasteiger partial charge in [0.1, 0.15) is 0 Å². The highest BCUT2D eigenvalue weighted by Gasteiger charge is 2.06. The highest BCUT2D eigenvalue weighted by molar-refractivity contribution is 8.00. The maximum absolute atomic E-state index is 8.92. The summed E-state index contributed by atoms with van der Waals surface area (Å²) < 4.78 is 0. The standard InChI is InChI=1S/C11H18N2OS/c1-3-10(12)11-5-4-9(6-13-11)15-8(2)7-14/h4-6,8,10,14H,3,7,12H2,1-2H3. The Morgan fingerprint density at radius 1 is 1.53 bits per heavy atom. The summed E-state index contributed by atoms with van der Waals surface area (Å²) in [5.41, 5.74) is 6.79. The third-order valence-corrected chi connectivity index (χ3v) is 3.24. The molecule has 1 aromatic heterocycles. The summed E-state index contributed by atoms with van der Waals surface area (Å²) in [5, 5.41) is 9.12. The number of aliphatic hydroxyl groups excluding tert-OH is 1. The number of aliphatic hydroxyl groups is 1. The van der Waals surface area contributed by atoms with E-state index in [9.17, 15) is 0 Å². The molecule has 2 unspecified atom stereocenters. The molecule has 0 aliphatic heterocycles. The van der Waals surface area contributed by atoms with Crippen LogP contribution in [-0.4, -0.2) is 21.9 Å². The van der Waals surface area contributed by atoms with Gasteiger partial charge in [-0.1, -0.05) is 13.8 Å². The lowest BCUT2D eigenvalue weighted by atomic mass is 10.1. The first-order valence-electron chi connectivity index (χ1n) is 5.16. The van der Waals surface area contributed by atoms with E-state index in [0.29, 0.717) is 0 Å². The molecule has 0 bridgehead atoms. The van der Waals surface area contributed by atoms with Crippen LogP contribution in [0.2, 0.25) is 0 Å². The molecule has 0 fully saturated rings. The SMILES string of the molecule is CCC(N)c1ccc(SC(C)CO)cn1. The van der Waals surface area contributed by atoms with Gasteiger partial charge in [-0.15, -0.1) is 11.8 Å². The molecule has 0 saturated heterocycles. The largest absolute Gasteiger partial charge is 0.395 e. The molecule has 84 valence electrons. The molecule has 15 heavy (non-hydrogen) atoms. The Kier molecular flexibility index (Phi) is 5.08. The van der Waals surface area contributed by atoms with Crippen LogP contribution >= 0.6 is 11.8 Å². The Bertz CT molecular complexity index is 289. The zero-order valence-electron chi connectivity index (χ0n) is 9.18. The molecule has 0 aromatic carbocycles.